The topological polar surface area (TPSA) is 104 Å². The number of rotatable bonds is 10. The highest BCUT2D eigenvalue weighted by Gasteiger charge is 2.11. The Morgan fingerprint density at radius 3 is 2.63 bits per heavy atom. The van der Waals surface area contributed by atoms with Crippen LogP contribution in [-0.2, 0) is 16.1 Å². The molecule has 7 heteroatoms. The third-order valence-electron chi connectivity index (χ3n) is 4.06. The van der Waals surface area contributed by atoms with Crippen LogP contribution in [0.25, 0.3) is 6.08 Å². The summed E-state index contributed by atoms with van der Waals surface area (Å²) in [6.07, 6.45) is 1.49. The van der Waals surface area contributed by atoms with Gasteiger partial charge in [-0.25, -0.2) is 0 Å². The van der Waals surface area contributed by atoms with E-state index in [1.54, 1.807) is 30.3 Å². The van der Waals surface area contributed by atoms with Gasteiger partial charge in [-0.2, -0.15) is 10.5 Å². The van der Waals surface area contributed by atoms with Crippen LogP contribution in [0.3, 0.4) is 0 Å². The Bertz CT molecular complexity index is 987. The maximum absolute atomic E-state index is 12.1. The number of hydrogen-bond acceptors (Lipinski definition) is 6. The molecule has 0 radical (unpaired) electrons. The average molecular weight is 405 g/mol. The molecule has 1 amide bonds. The quantitative estimate of drug-likeness (QED) is 0.370. The number of ether oxygens (including phenoxy) is 3. The summed E-state index contributed by atoms with van der Waals surface area (Å²) in [6, 6.07) is 16.4. The van der Waals surface area contributed by atoms with E-state index in [4.69, 9.17) is 14.2 Å². The summed E-state index contributed by atoms with van der Waals surface area (Å²) in [4.78, 5) is 12.1. The maximum atomic E-state index is 12.1. The number of amides is 1. The molecule has 0 fully saturated rings. The van der Waals surface area contributed by atoms with Crippen LogP contribution in [0.5, 0.6) is 11.5 Å². The Morgan fingerprint density at radius 1 is 1.13 bits per heavy atom. The van der Waals surface area contributed by atoms with Crippen molar-refractivity contribution in [2.45, 2.75) is 13.5 Å². The molecule has 0 saturated heterocycles. The van der Waals surface area contributed by atoms with Gasteiger partial charge in [-0.05, 0) is 36.8 Å². The van der Waals surface area contributed by atoms with Gasteiger partial charge in [0.1, 0.15) is 18.2 Å². The molecular formula is C23H23N3O4. The summed E-state index contributed by atoms with van der Waals surface area (Å²) >= 11 is 0. The third kappa shape index (κ3) is 6.37. The molecule has 0 aromatic heterocycles. The van der Waals surface area contributed by atoms with Crippen LogP contribution in [0.2, 0.25) is 0 Å². The maximum Gasteiger partial charge on any atom is 0.262 e. The molecule has 0 heterocycles. The molecule has 0 aliphatic rings. The van der Waals surface area contributed by atoms with E-state index >= 15 is 0 Å². The van der Waals surface area contributed by atoms with E-state index in [0.717, 1.165) is 5.56 Å². The summed E-state index contributed by atoms with van der Waals surface area (Å²) in [5.41, 5.74) is 1.92. The number of carbonyl (C=O) groups excluding carboxylic acids is 1. The van der Waals surface area contributed by atoms with Gasteiger partial charge in [0.25, 0.3) is 5.91 Å². The standard InChI is InChI=1S/C23H23N3O4/c1-3-29-22-13-17(12-20(15-25)23(27)26-10-11-28-2)8-9-21(22)30-16-19-7-5-4-6-18(19)14-24/h4-9,12-13H,3,10-11,16H2,1-2H3,(H,26,27)/b20-12+. The first-order valence-electron chi connectivity index (χ1n) is 9.39. The molecule has 7 nitrogen and oxygen atoms in total. The number of carbonyl (C=O) groups is 1. The van der Waals surface area contributed by atoms with Gasteiger partial charge in [-0.1, -0.05) is 24.3 Å². The Morgan fingerprint density at radius 2 is 1.93 bits per heavy atom. The van der Waals surface area contributed by atoms with Gasteiger partial charge in [0.2, 0.25) is 0 Å². The molecule has 0 unspecified atom stereocenters. The zero-order valence-corrected chi connectivity index (χ0v) is 17.0. The molecule has 0 aliphatic carbocycles. The fraction of sp³-hybridized carbons (Fsp3) is 0.261. The lowest BCUT2D eigenvalue weighted by atomic mass is 10.1. The smallest absolute Gasteiger partial charge is 0.262 e. The predicted molar refractivity (Wildman–Crippen MR) is 112 cm³/mol. The molecule has 2 rings (SSSR count). The van der Waals surface area contributed by atoms with Crippen molar-refractivity contribution < 1.29 is 19.0 Å². The molecule has 2 aromatic carbocycles. The van der Waals surface area contributed by atoms with Crippen molar-refractivity contribution in [2.24, 2.45) is 0 Å². The zero-order chi connectivity index (χ0) is 21.8. The van der Waals surface area contributed by atoms with E-state index in [1.165, 1.54) is 13.2 Å². The highest BCUT2D eigenvalue weighted by atomic mass is 16.5. The molecule has 30 heavy (non-hydrogen) atoms. The van der Waals surface area contributed by atoms with Crippen LogP contribution in [0.1, 0.15) is 23.6 Å². The van der Waals surface area contributed by atoms with Crippen molar-refractivity contribution in [1.82, 2.24) is 5.32 Å². The zero-order valence-electron chi connectivity index (χ0n) is 17.0. The van der Waals surface area contributed by atoms with Gasteiger partial charge >= 0.3 is 0 Å². The molecule has 0 saturated carbocycles. The molecule has 154 valence electrons. The molecule has 0 spiro atoms. The first-order valence-corrected chi connectivity index (χ1v) is 9.39. The first kappa shape index (κ1) is 22.5. The Labute approximate surface area is 176 Å². The normalized spacial score (nSPS) is 10.6. The molecule has 1 N–H and O–H groups in total. The number of nitrogens with one attached hydrogen (secondary N) is 1. The second-order valence-electron chi connectivity index (χ2n) is 6.12. The summed E-state index contributed by atoms with van der Waals surface area (Å²) in [5.74, 6) is 0.517. The summed E-state index contributed by atoms with van der Waals surface area (Å²) < 4.78 is 16.4. The SMILES string of the molecule is CCOc1cc(/C=C(\C#N)C(=O)NCCOC)ccc1OCc1ccccc1C#N. The lowest BCUT2D eigenvalue weighted by molar-refractivity contribution is -0.117. The van der Waals surface area contributed by atoms with E-state index < -0.39 is 5.91 Å². The molecule has 0 atom stereocenters. The second kappa shape index (κ2) is 11.9. The minimum absolute atomic E-state index is 0.0230. The van der Waals surface area contributed by atoms with E-state index in [2.05, 4.69) is 11.4 Å². The first-order chi connectivity index (χ1) is 14.6. The van der Waals surface area contributed by atoms with Crippen LogP contribution in [-0.4, -0.2) is 32.8 Å². The highest BCUT2D eigenvalue weighted by molar-refractivity contribution is 6.01. The van der Waals surface area contributed by atoms with Gasteiger partial charge in [0.05, 0.1) is 24.8 Å². The van der Waals surface area contributed by atoms with E-state index in [0.29, 0.717) is 42.4 Å². The predicted octanol–water partition coefficient (Wildman–Crippen LogP) is 3.21. The minimum Gasteiger partial charge on any atom is -0.490 e. The van der Waals surface area contributed by atoms with Crippen LogP contribution < -0.4 is 14.8 Å². The van der Waals surface area contributed by atoms with Crippen molar-refractivity contribution in [3.05, 3.63) is 64.7 Å². The average Bonchev–Trinajstić information content (AvgIpc) is 2.77. The Balaban J connectivity index is 2.20. The summed E-state index contributed by atoms with van der Waals surface area (Å²) in [5, 5.41) is 21.1. The molecular weight excluding hydrogens is 382 g/mol. The van der Waals surface area contributed by atoms with Crippen LogP contribution in [0, 0.1) is 22.7 Å². The van der Waals surface area contributed by atoms with E-state index in [1.807, 2.05) is 25.1 Å². The van der Waals surface area contributed by atoms with Crippen LogP contribution in [0.4, 0.5) is 0 Å². The second-order valence-corrected chi connectivity index (χ2v) is 6.12. The minimum atomic E-state index is -0.471. The number of hydrogen-bond donors (Lipinski definition) is 1. The van der Waals surface area contributed by atoms with Gasteiger partial charge in [-0.3, -0.25) is 4.79 Å². The van der Waals surface area contributed by atoms with Crippen molar-refractivity contribution in [3.63, 3.8) is 0 Å². The number of benzene rings is 2. The fourth-order valence-corrected chi connectivity index (χ4v) is 2.59. The lowest BCUT2D eigenvalue weighted by Gasteiger charge is -2.13. The fourth-order valence-electron chi connectivity index (χ4n) is 2.59. The summed E-state index contributed by atoms with van der Waals surface area (Å²) in [7, 11) is 1.53. The van der Waals surface area contributed by atoms with Gasteiger partial charge in [0.15, 0.2) is 11.5 Å². The van der Waals surface area contributed by atoms with Crippen molar-refractivity contribution in [3.8, 4) is 23.6 Å². The molecule has 0 aliphatic heterocycles. The molecule has 0 bridgehead atoms. The van der Waals surface area contributed by atoms with Crippen LogP contribution >= 0.6 is 0 Å². The number of nitrogens with zero attached hydrogens (tertiary/aromatic N) is 2. The van der Waals surface area contributed by atoms with E-state index in [-0.39, 0.29) is 12.2 Å². The number of methoxy groups -OCH3 is 1. The van der Waals surface area contributed by atoms with Crippen molar-refractivity contribution >= 4 is 12.0 Å². The molecule has 2 aromatic rings. The van der Waals surface area contributed by atoms with Gasteiger partial charge < -0.3 is 19.5 Å². The Kier molecular flexibility index (Phi) is 8.92. The van der Waals surface area contributed by atoms with Gasteiger partial charge in [-0.15, -0.1) is 0 Å². The third-order valence-corrected chi connectivity index (χ3v) is 4.06. The number of nitriles is 2. The van der Waals surface area contributed by atoms with Gasteiger partial charge in [0, 0.05) is 19.2 Å². The highest BCUT2D eigenvalue weighted by Crippen LogP contribution is 2.30. The lowest BCUT2D eigenvalue weighted by Crippen LogP contribution is -2.27. The summed E-state index contributed by atoms with van der Waals surface area (Å²) in [6.45, 7) is 3.15. The Hall–Kier alpha value is -3.81. The van der Waals surface area contributed by atoms with E-state index in [9.17, 15) is 15.3 Å². The largest absolute Gasteiger partial charge is 0.490 e. The van der Waals surface area contributed by atoms with Crippen LogP contribution in [0.15, 0.2) is 48.0 Å². The monoisotopic (exact) mass is 405 g/mol. The van der Waals surface area contributed by atoms with Crippen molar-refractivity contribution in [1.29, 1.82) is 10.5 Å². The van der Waals surface area contributed by atoms with Crippen molar-refractivity contribution in [2.75, 3.05) is 26.9 Å².